The molecule has 0 spiro atoms. The molecule has 1 atom stereocenters. The Hall–Kier alpha value is -3.17. The molecule has 3 aromatic rings. The molecule has 1 N–H and O–H groups in total. The predicted molar refractivity (Wildman–Crippen MR) is 109 cm³/mol. The number of methoxy groups -OCH3 is 1. The predicted octanol–water partition coefficient (Wildman–Crippen LogP) is 4.72. The molecule has 7 heteroatoms. The number of aryl methyl sites for hydroxylation is 1. The minimum atomic E-state index is -0.815. The summed E-state index contributed by atoms with van der Waals surface area (Å²) in [7, 11) is 1.53. The summed E-state index contributed by atoms with van der Waals surface area (Å²) in [5, 5.41) is 19.8. The van der Waals surface area contributed by atoms with Gasteiger partial charge in [0.1, 0.15) is 24.2 Å². The molecule has 0 aliphatic carbocycles. The van der Waals surface area contributed by atoms with Gasteiger partial charge in [-0.05, 0) is 42.3 Å². The zero-order valence-electron chi connectivity index (χ0n) is 15.8. The number of aliphatic carboxylic acids is 1. The van der Waals surface area contributed by atoms with E-state index in [2.05, 4.69) is 10.6 Å². The van der Waals surface area contributed by atoms with Crippen molar-refractivity contribution in [2.45, 2.75) is 31.9 Å². The maximum absolute atomic E-state index is 11.2. The summed E-state index contributed by atoms with van der Waals surface area (Å²) in [5.74, 6) is 0.307. The van der Waals surface area contributed by atoms with Gasteiger partial charge in [-0.25, -0.2) is 0 Å². The fourth-order valence-corrected chi connectivity index (χ4v) is 4.38. The third kappa shape index (κ3) is 3.50. The minimum absolute atomic E-state index is 0.0690. The van der Waals surface area contributed by atoms with Crippen molar-refractivity contribution in [1.82, 2.24) is 4.57 Å². The number of nitriles is 1. The largest absolute Gasteiger partial charge is 0.495 e. The van der Waals surface area contributed by atoms with E-state index in [-0.39, 0.29) is 12.3 Å². The fourth-order valence-electron chi connectivity index (χ4n) is 3.97. The van der Waals surface area contributed by atoms with E-state index in [0.717, 1.165) is 35.1 Å². The van der Waals surface area contributed by atoms with E-state index in [1.165, 1.54) is 7.11 Å². The second-order valence-electron chi connectivity index (χ2n) is 7.05. The Morgan fingerprint density at radius 3 is 2.90 bits per heavy atom. The van der Waals surface area contributed by atoms with E-state index < -0.39 is 5.97 Å². The Morgan fingerprint density at radius 2 is 2.17 bits per heavy atom. The number of aromatic nitrogens is 1. The number of hydrogen-bond acceptors (Lipinski definition) is 4. The Labute approximate surface area is 172 Å². The summed E-state index contributed by atoms with van der Waals surface area (Å²) >= 11 is 6.62. The van der Waals surface area contributed by atoms with Crippen LogP contribution < -0.4 is 9.47 Å². The Kier molecular flexibility index (Phi) is 5.08. The highest BCUT2D eigenvalue weighted by Crippen LogP contribution is 2.43. The fraction of sp³-hybridized carbons (Fsp3) is 0.273. The van der Waals surface area contributed by atoms with Gasteiger partial charge in [-0.15, -0.1) is 0 Å². The van der Waals surface area contributed by atoms with Gasteiger partial charge in [0.2, 0.25) is 0 Å². The highest BCUT2D eigenvalue weighted by Gasteiger charge is 2.30. The van der Waals surface area contributed by atoms with Gasteiger partial charge in [0.05, 0.1) is 29.6 Å². The van der Waals surface area contributed by atoms with E-state index in [9.17, 15) is 10.1 Å². The summed E-state index contributed by atoms with van der Waals surface area (Å²) in [6.45, 7) is 1.07. The lowest BCUT2D eigenvalue weighted by Gasteiger charge is -2.09. The summed E-state index contributed by atoms with van der Waals surface area (Å²) in [5.41, 5.74) is 3.20. The topological polar surface area (TPSA) is 84.5 Å². The molecule has 148 valence electrons. The molecular weight excluding hydrogens is 392 g/mol. The van der Waals surface area contributed by atoms with E-state index in [4.69, 9.17) is 26.2 Å². The Balaban J connectivity index is 1.58. The highest BCUT2D eigenvalue weighted by atomic mass is 35.5. The Morgan fingerprint density at radius 1 is 1.34 bits per heavy atom. The average Bonchev–Trinajstić information content (AvgIpc) is 3.25. The molecule has 1 aromatic heterocycles. The van der Waals surface area contributed by atoms with Crippen LogP contribution >= 0.6 is 11.6 Å². The lowest BCUT2D eigenvalue weighted by atomic mass is 10.0. The average molecular weight is 411 g/mol. The first kappa shape index (κ1) is 19.2. The first-order chi connectivity index (χ1) is 14.0. The van der Waals surface area contributed by atoms with Crippen molar-refractivity contribution in [2.24, 2.45) is 0 Å². The van der Waals surface area contributed by atoms with Gasteiger partial charge in [-0.3, -0.25) is 4.79 Å². The lowest BCUT2D eigenvalue weighted by Crippen LogP contribution is -2.03. The molecule has 0 fully saturated rings. The third-order valence-electron chi connectivity index (χ3n) is 5.31. The standard InChI is InChI=1S/C22H19ClN2O4/c1-28-19-5-2-13(8-15(19)11-24)12-29-16-3-4-18-17(10-16)21(23)22-14(9-20(26)27)6-7-25(18)22/h2-5,8,10,14H,6-7,9,12H2,1H3,(H,26,27)/t14-/m1/s1. The second-order valence-corrected chi connectivity index (χ2v) is 7.43. The third-order valence-corrected chi connectivity index (χ3v) is 5.71. The van der Waals surface area contributed by atoms with Crippen LogP contribution in [-0.2, 0) is 17.9 Å². The lowest BCUT2D eigenvalue weighted by molar-refractivity contribution is -0.137. The molecule has 2 heterocycles. The quantitative estimate of drug-likeness (QED) is 0.635. The molecule has 0 bridgehead atoms. The zero-order chi connectivity index (χ0) is 20.5. The number of carbonyl (C=O) groups is 1. The van der Waals surface area contributed by atoms with E-state index in [1.54, 1.807) is 12.1 Å². The normalized spacial score (nSPS) is 15.1. The monoisotopic (exact) mass is 410 g/mol. The highest BCUT2D eigenvalue weighted by molar-refractivity contribution is 6.36. The number of fused-ring (bicyclic) bond motifs is 3. The van der Waals surface area contributed by atoms with Crippen LogP contribution in [0.3, 0.4) is 0 Å². The molecule has 2 aromatic carbocycles. The van der Waals surface area contributed by atoms with Gasteiger partial charge >= 0.3 is 5.97 Å². The summed E-state index contributed by atoms with van der Waals surface area (Å²) < 4.78 is 13.2. The molecule has 1 aliphatic heterocycles. The van der Waals surface area contributed by atoms with Crippen molar-refractivity contribution in [2.75, 3.05) is 7.11 Å². The van der Waals surface area contributed by atoms with Crippen molar-refractivity contribution in [3.05, 3.63) is 58.2 Å². The van der Waals surface area contributed by atoms with Crippen LogP contribution in [0.1, 0.15) is 35.6 Å². The SMILES string of the molecule is COc1ccc(COc2ccc3c(c2)c(Cl)c2n3CC[C@@H]2CC(=O)O)cc1C#N. The van der Waals surface area contributed by atoms with Crippen LogP contribution in [0.4, 0.5) is 0 Å². The van der Waals surface area contributed by atoms with Crippen molar-refractivity contribution in [1.29, 1.82) is 5.26 Å². The van der Waals surface area contributed by atoms with Crippen LogP contribution in [0.5, 0.6) is 11.5 Å². The van der Waals surface area contributed by atoms with Gasteiger partial charge in [0, 0.05) is 23.5 Å². The number of benzene rings is 2. The van der Waals surface area contributed by atoms with E-state index in [1.807, 2.05) is 24.3 Å². The molecule has 0 amide bonds. The van der Waals surface area contributed by atoms with Crippen LogP contribution in [-0.4, -0.2) is 22.8 Å². The van der Waals surface area contributed by atoms with Crippen molar-refractivity contribution in [3.8, 4) is 17.6 Å². The molecule has 0 unspecified atom stereocenters. The molecule has 0 radical (unpaired) electrons. The number of carboxylic acid groups (broad SMARTS) is 1. The first-order valence-electron chi connectivity index (χ1n) is 9.25. The maximum Gasteiger partial charge on any atom is 0.304 e. The molecule has 6 nitrogen and oxygen atoms in total. The van der Waals surface area contributed by atoms with Crippen LogP contribution in [0.25, 0.3) is 10.9 Å². The van der Waals surface area contributed by atoms with Gasteiger partial charge in [0.25, 0.3) is 0 Å². The van der Waals surface area contributed by atoms with Gasteiger partial charge in [-0.1, -0.05) is 17.7 Å². The number of ether oxygens (including phenoxy) is 2. The number of rotatable bonds is 6. The summed E-state index contributed by atoms with van der Waals surface area (Å²) in [4.78, 5) is 11.2. The van der Waals surface area contributed by atoms with Gasteiger partial charge in [-0.2, -0.15) is 5.26 Å². The molecule has 1 aliphatic rings. The molecule has 29 heavy (non-hydrogen) atoms. The van der Waals surface area contributed by atoms with Gasteiger partial charge < -0.3 is 19.1 Å². The van der Waals surface area contributed by atoms with Crippen molar-refractivity contribution in [3.63, 3.8) is 0 Å². The van der Waals surface area contributed by atoms with E-state index in [0.29, 0.717) is 28.7 Å². The number of halogens is 1. The van der Waals surface area contributed by atoms with Crippen LogP contribution in [0.2, 0.25) is 5.02 Å². The molecular formula is C22H19ClN2O4. The number of nitrogens with zero attached hydrogens (tertiary/aromatic N) is 2. The zero-order valence-corrected chi connectivity index (χ0v) is 16.6. The molecule has 0 saturated heterocycles. The number of hydrogen-bond donors (Lipinski definition) is 1. The van der Waals surface area contributed by atoms with Crippen LogP contribution in [0.15, 0.2) is 36.4 Å². The summed E-state index contributed by atoms with van der Waals surface area (Å²) in [6.07, 6.45) is 0.867. The first-order valence-corrected chi connectivity index (χ1v) is 9.63. The van der Waals surface area contributed by atoms with Crippen LogP contribution in [0, 0.1) is 11.3 Å². The van der Waals surface area contributed by atoms with Gasteiger partial charge in [0.15, 0.2) is 0 Å². The van der Waals surface area contributed by atoms with Crippen molar-refractivity contribution < 1.29 is 19.4 Å². The maximum atomic E-state index is 11.2. The molecule has 0 saturated carbocycles. The molecule has 4 rings (SSSR count). The smallest absolute Gasteiger partial charge is 0.304 e. The second kappa shape index (κ2) is 7.69. The summed E-state index contributed by atoms with van der Waals surface area (Å²) in [6, 6.07) is 13.2. The minimum Gasteiger partial charge on any atom is -0.495 e. The Bertz CT molecular complexity index is 1150. The van der Waals surface area contributed by atoms with E-state index >= 15 is 0 Å². The van der Waals surface area contributed by atoms with Crippen molar-refractivity contribution >= 4 is 28.5 Å². The number of carboxylic acids is 1.